The smallest absolute Gasteiger partial charge is 0.294 e. The fourth-order valence-corrected chi connectivity index (χ4v) is 9.44. The topological polar surface area (TPSA) is 144 Å². The second-order valence-electron chi connectivity index (χ2n) is 15.2. The van der Waals surface area contributed by atoms with Gasteiger partial charge in [0, 0.05) is 54.4 Å². The van der Waals surface area contributed by atoms with Crippen LogP contribution in [-0.2, 0) is 25.0 Å². The molecule has 0 aromatic heterocycles. The van der Waals surface area contributed by atoms with Crippen LogP contribution in [0.5, 0.6) is 0 Å². The summed E-state index contributed by atoms with van der Waals surface area (Å²) in [6, 6.07) is 26.4. The van der Waals surface area contributed by atoms with E-state index in [4.69, 9.17) is 0 Å². The van der Waals surface area contributed by atoms with Gasteiger partial charge in [-0.25, -0.2) is 0 Å². The fraction of sp³-hybridized carbons (Fsp3) is 0.326. The molecule has 0 heterocycles. The fourth-order valence-electron chi connectivity index (χ4n) is 8.21. The molecule has 10 nitrogen and oxygen atoms in total. The molecule has 1 atom stereocenters. The van der Waals surface area contributed by atoms with Gasteiger partial charge in [0.15, 0.2) is 0 Å². The second-order valence-corrected chi connectivity index (χ2v) is 18.2. The third-order valence-electron chi connectivity index (χ3n) is 10.9. The van der Waals surface area contributed by atoms with Crippen LogP contribution in [0.2, 0.25) is 0 Å². The first-order valence-corrected chi connectivity index (χ1v) is 22.5. The predicted molar refractivity (Wildman–Crippen MR) is 236 cm³/mol. The van der Waals surface area contributed by atoms with Crippen LogP contribution in [-0.4, -0.2) is 50.7 Å². The molecule has 5 aromatic carbocycles. The molecule has 1 amide bonds. The largest absolute Gasteiger partial charge is 0.341 e. The first-order chi connectivity index (χ1) is 27.2. The summed E-state index contributed by atoms with van der Waals surface area (Å²) in [4.78, 5) is 16.3. The molecule has 0 fully saturated rings. The monoisotopic (exact) mass is 825 g/mol. The number of carbonyl (C=O) groups excluding carboxylic acids is 1. The Bertz CT molecular complexity index is 2530. The van der Waals surface area contributed by atoms with Gasteiger partial charge < -0.3 is 15.1 Å². The molecule has 58 heavy (non-hydrogen) atoms. The zero-order valence-electron chi connectivity index (χ0n) is 34.8. The summed E-state index contributed by atoms with van der Waals surface area (Å²) >= 11 is 0. The van der Waals surface area contributed by atoms with Crippen molar-refractivity contribution in [1.29, 1.82) is 0 Å². The summed E-state index contributed by atoms with van der Waals surface area (Å²) in [5.41, 5.74) is 13.8. The van der Waals surface area contributed by atoms with Crippen LogP contribution < -0.4 is 15.1 Å². The quantitative estimate of drug-likeness (QED) is 0.0694. The van der Waals surface area contributed by atoms with Gasteiger partial charge in [0.2, 0.25) is 5.91 Å². The Morgan fingerprint density at radius 2 is 1.16 bits per heavy atom. The van der Waals surface area contributed by atoms with Gasteiger partial charge in [-0.1, -0.05) is 61.5 Å². The van der Waals surface area contributed by atoms with E-state index in [-0.39, 0.29) is 23.8 Å². The van der Waals surface area contributed by atoms with Crippen molar-refractivity contribution in [3.05, 3.63) is 141 Å². The molecule has 0 saturated carbocycles. The predicted octanol–water partition coefficient (Wildman–Crippen LogP) is 10.2. The SMILES string of the molecule is CCCN(c1ccc(C(c2ccc(N(CCCS(=O)(=O)O)c3c(C)cc(C)c(NC(C)=O)c3C)cc2)c2ccccc2S(=O)(=O)O)cc1)c1c(C)cc(C)c(C)c1C. The minimum absolute atomic E-state index is 0.121. The number of carbonyl (C=O) groups is 1. The van der Waals surface area contributed by atoms with Gasteiger partial charge in [0.25, 0.3) is 20.2 Å². The standard InChI is InChI=1S/C46H55N3O7S2/c1-10-24-48(45-31(4)27-29(2)33(6)34(45)7)39-20-16-37(17-21-39)43(41-14-11-12-15-42(41)58(54,55)56)38-18-22-40(23-19-38)49(25-13-26-57(51,52)53)46-32(5)28-30(3)44(35(46)8)47-36(9)50/h11-12,14-23,27-28,43H,10,13,24-26H2,1-9H3,(H,47,50)(H,51,52,53)(H,54,55,56). The van der Waals surface area contributed by atoms with E-state index in [1.807, 2.05) is 68.1 Å². The van der Waals surface area contributed by atoms with Crippen molar-refractivity contribution >= 4 is 54.6 Å². The van der Waals surface area contributed by atoms with Crippen molar-refractivity contribution < 1.29 is 30.7 Å². The Labute approximate surface area is 344 Å². The molecule has 0 spiro atoms. The minimum Gasteiger partial charge on any atom is -0.341 e. The molecule has 0 saturated heterocycles. The molecule has 0 bridgehead atoms. The van der Waals surface area contributed by atoms with Gasteiger partial charge in [-0.2, -0.15) is 16.8 Å². The number of anilines is 5. The highest BCUT2D eigenvalue weighted by Crippen LogP contribution is 2.42. The maximum Gasteiger partial charge on any atom is 0.294 e. The molecular weight excluding hydrogens is 771 g/mol. The molecule has 3 N–H and O–H groups in total. The Balaban J connectivity index is 1.65. The normalized spacial score (nSPS) is 12.3. The number of nitrogens with one attached hydrogen (secondary N) is 1. The molecule has 0 aliphatic carbocycles. The van der Waals surface area contributed by atoms with Gasteiger partial charge in [-0.05, 0) is 147 Å². The van der Waals surface area contributed by atoms with Crippen molar-refractivity contribution in [3.8, 4) is 0 Å². The van der Waals surface area contributed by atoms with Gasteiger partial charge in [0.1, 0.15) is 0 Å². The average molecular weight is 826 g/mol. The van der Waals surface area contributed by atoms with E-state index in [1.165, 1.54) is 40.9 Å². The third-order valence-corrected chi connectivity index (χ3v) is 12.6. The summed E-state index contributed by atoms with van der Waals surface area (Å²) in [6.45, 7) is 19.0. The van der Waals surface area contributed by atoms with Gasteiger partial charge >= 0.3 is 0 Å². The van der Waals surface area contributed by atoms with Crippen LogP contribution in [0.25, 0.3) is 0 Å². The zero-order valence-corrected chi connectivity index (χ0v) is 36.5. The third kappa shape index (κ3) is 9.81. The van der Waals surface area contributed by atoms with Crippen LogP contribution in [0.3, 0.4) is 0 Å². The number of hydrogen-bond acceptors (Lipinski definition) is 7. The molecule has 12 heteroatoms. The number of benzene rings is 5. The van der Waals surface area contributed by atoms with E-state index in [1.54, 1.807) is 18.2 Å². The van der Waals surface area contributed by atoms with E-state index < -0.39 is 31.9 Å². The van der Waals surface area contributed by atoms with Crippen LogP contribution in [0, 0.1) is 48.5 Å². The molecular formula is C46H55N3O7S2. The highest BCUT2D eigenvalue weighted by Gasteiger charge is 2.27. The Morgan fingerprint density at radius 1 is 0.655 bits per heavy atom. The van der Waals surface area contributed by atoms with E-state index in [2.05, 4.69) is 63.0 Å². The van der Waals surface area contributed by atoms with E-state index in [0.717, 1.165) is 57.8 Å². The van der Waals surface area contributed by atoms with E-state index >= 15 is 0 Å². The number of aryl methyl sites for hydroxylation is 4. The summed E-state index contributed by atoms with van der Waals surface area (Å²) in [5, 5.41) is 2.94. The lowest BCUT2D eigenvalue weighted by Crippen LogP contribution is -2.24. The van der Waals surface area contributed by atoms with Crippen LogP contribution in [0.15, 0.2) is 89.8 Å². The average Bonchev–Trinajstić information content (AvgIpc) is 3.14. The van der Waals surface area contributed by atoms with Crippen molar-refractivity contribution in [2.24, 2.45) is 0 Å². The highest BCUT2D eigenvalue weighted by atomic mass is 32.2. The molecule has 0 radical (unpaired) electrons. The van der Waals surface area contributed by atoms with Crippen LogP contribution >= 0.6 is 0 Å². The van der Waals surface area contributed by atoms with Crippen molar-refractivity contribution in [1.82, 2.24) is 0 Å². The number of rotatable bonds is 15. The lowest BCUT2D eigenvalue weighted by Gasteiger charge is -2.31. The first kappa shape index (κ1) is 44.1. The van der Waals surface area contributed by atoms with E-state index in [9.17, 15) is 30.7 Å². The summed E-state index contributed by atoms with van der Waals surface area (Å²) in [5.74, 6) is -1.26. The number of nitrogens with zero attached hydrogens (tertiary/aromatic N) is 2. The van der Waals surface area contributed by atoms with Gasteiger partial charge in [-0.3, -0.25) is 13.9 Å². The summed E-state index contributed by atoms with van der Waals surface area (Å²) in [7, 11) is -8.82. The van der Waals surface area contributed by atoms with Crippen LogP contribution in [0.1, 0.15) is 88.2 Å². The maximum atomic E-state index is 12.8. The molecule has 308 valence electrons. The van der Waals surface area contributed by atoms with Crippen molar-refractivity contribution in [2.45, 2.75) is 86.0 Å². The van der Waals surface area contributed by atoms with E-state index in [0.29, 0.717) is 11.3 Å². The second kappa shape index (κ2) is 17.9. The summed E-state index contributed by atoms with van der Waals surface area (Å²) in [6.07, 6.45) is 1.04. The number of hydrogen-bond donors (Lipinski definition) is 3. The van der Waals surface area contributed by atoms with Crippen molar-refractivity contribution in [2.75, 3.05) is 34.0 Å². The lowest BCUT2D eigenvalue weighted by atomic mass is 9.85. The molecule has 0 aliphatic heterocycles. The Morgan fingerprint density at radius 3 is 1.66 bits per heavy atom. The minimum atomic E-state index is -4.60. The van der Waals surface area contributed by atoms with Crippen molar-refractivity contribution in [3.63, 3.8) is 0 Å². The lowest BCUT2D eigenvalue weighted by molar-refractivity contribution is -0.114. The van der Waals surface area contributed by atoms with Crippen LogP contribution in [0.4, 0.5) is 28.4 Å². The Kier molecular flexibility index (Phi) is 13.6. The number of amides is 1. The molecule has 5 aromatic rings. The molecule has 5 rings (SSSR count). The van der Waals surface area contributed by atoms with Gasteiger partial charge in [-0.15, -0.1) is 0 Å². The summed E-state index contributed by atoms with van der Waals surface area (Å²) < 4.78 is 69.2. The van der Waals surface area contributed by atoms with Gasteiger partial charge in [0.05, 0.1) is 10.6 Å². The zero-order chi connectivity index (χ0) is 42.7. The molecule has 0 aliphatic rings. The maximum absolute atomic E-state index is 12.8. The molecule has 1 unspecified atom stereocenters. The highest BCUT2D eigenvalue weighted by molar-refractivity contribution is 7.86. The Hall–Kier alpha value is -5.01. The first-order valence-electron chi connectivity index (χ1n) is 19.5.